The predicted octanol–water partition coefficient (Wildman–Crippen LogP) is 0.908. The van der Waals surface area contributed by atoms with E-state index < -0.39 is 12.4 Å². The Morgan fingerprint density at radius 1 is 1.44 bits per heavy atom. The molecule has 1 unspecified atom stereocenters. The molecule has 0 aromatic heterocycles. The molecule has 0 radical (unpaired) electrons. The summed E-state index contributed by atoms with van der Waals surface area (Å²) in [5.41, 5.74) is 0. The minimum Gasteiger partial charge on any atom is -0.493 e. The standard InChI is InChI=1S/C10H11BrO5/c1-14-6-2-5(11)3-7-9(6)15-8(4-12)10(13)16-7/h2-3,8,10,12-13H,4H2,1H3/t8-,10?/m0/s1. The zero-order valence-corrected chi connectivity index (χ0v) is 10.1. The minimum absolute atomic E-state index is 0.334. The highest BCUT2D eigenvalue weighted by atomic mass is 79.9. The van der Waals surface area contributed by atoms with E-state index in [1.807, 2.05) is 0 Å². The SMILES string of the molecule is COc1cc(Br)cc2c1O[C@@H](CO)C(O)O2. The van der Waals surface area contributed by atoms with Crippen LogP contribution < -0.4 is 14.2 Å². The first-order valence-electron chi connectivity index (χ1n) is 4.65. The largest absolute Gasteiger partial charge is 0.493 e. The molecule has 1 aromatic carbocycles. The van der Waals surface area contributed by atoms with E-state index in [0.717, 1.165) is 4.47 Å². The summed E-state index contributed by atoms with van der Waals surface area (Å²) in [5, 5.41) is 18.5. The van der Waals surface area contributed by atoms with Gasteiger partial charge in [-0.1, -0.05) is 15.9 Å². The number of rotatable bonds is 2. The van der Waals surface area contributed by atoms with E-state index in [0.29, 0.717) is 17.2 Å². The molecule has 88 valence electrons. The number of halogens is 1. The van der Waals surface area contributed by atoms with Crippen molar-refractivity contribution in [2.45, 2.75) is 12.4 Å². The molecule has 0 aliphatic carbocycles. The molecule has 0 saturated carbocycles. The maximum Gasteiger partial charge on any atom is 0.237 e. The third-order valence-electron chi connectivity index (χ3n) is 2.22. The first-order chi connectivity index (χ1) is 7.65. The lowest BCUT2D eigenvalue weighted by Crippen LogP contribution is -2.42. The Labute approximate surface area is 101 Å². The predicted molar refractivity (Wildman–Crippen MR) is 58.8 cm³/mol. The first kappa shape index (κ1) is 11.5. The van der Waals surface area contributed by atoms with Gasteiger partial charge in [-0.2, -0.15) is 0 Å². The van der Waals surface area contributed by atoms with Gasteiger partial charge in [-0.25, -0.2) is 0 Å². The van der Waals surface area contributed by atoms with Crippen LogP contribution in [-0.2, 0) is 0 Å². The number of benzene rings is 1. The Balaban J connectivity index is 2.42. The Kier molecular flexibility index (Phi) is 3.22. The van der Waals surface area contributed by atoms with Gasteiger partial charge in [0.2, 0.25) is 12.0 Å². The van der Waals surface area contributed by atoms with Crippen molar-refractivity contribution in [1.29, 1.82) is 0 Å². The van der Waals surface area contributed by atoms with Gasteiger partial charge in [-0.05, 0) is 12.1 Å². The second-order valence-corrected chi connectivity index (χ2v) is 4.20. The second kappa shape index (κ2) is 4.48. The van der Waals surface area contributed by atoms with E-state index in [1.54, 1.807) is 12.1 Å². The average molecular weight is 291 g/mol. The van der Waals surface area contributed by atoms with E-state index in [1.165, 1.54) is 7.11 Å². The highest BCUT2D eigenvalue weighted by Crippen LogP contribution is 2.43. The molecule has 0 bridgehead atoms. The molecular weight excluding hydrogens is 280 g/mol. The molecule has 2 N–H and O–H groups in total. The maximum atomic E-state index is 9.51. The molecule has 5 nitrogen and oxygen atoms in total. The normalized spacial score (nSPS) is 23.0. The van der Waals surface area contributed by atoms with Crippen molar-refractivity contribution in [1.82, 2.24) is 0 Å². The molecular formula is C10H11BrO5. The quantitative estimate of drug-likeness (QED) is 0.847. The Morgan fingerprint density at radius 2 is 2.19 bits per heavy atom. The summed E-state index contributed by atoms with van der Waals surface area (Å²) in [4.78, 5) is 0. The summed E-state index contributed by atoms with van der Waals surface area (Å²) in [5.74, 6) is 1.24. The number of ether oxygens (including phenoxy) is 3. The Bertz CT molecular complexity index is 395. The number of methoxy groups -OCH3 is 1. The van der Waals surface area contributed by atoms with Crippen LogP contribution in [0.1, 0.15) is 0 Å². The summed E-state index contributed by atoms with van der Waals surface area (Å²) in [7, 11) is 1.50. The van der Waals surface area contributed by atoms with Gasteiger partial charge in [0.25, 0.3) is 0 Å². The van der Waals surface area contributed by atoms with Crippen LogP contribution in [-0.4, -0.2) is 36.3 Å². The summed E-state index contributed by atoms with van der Waals surface area (Å²) < 4.78 is 16.5. The average Bonchev–Trinajstić information content (AvgIpc) is 2.26. The van der Waals surface area contributed by atoms with E-state index in [2.05, 4.69) is 15.9 Å². The van der Waals surface area contributed by atoms with E-state index >= 15 is 0 Å². The molecule has 0 saturated heterocycles. The summed E-state index contributed by atoms with van der Waals surface area (Å²) in [6.07, 6.45) is -1.99. The smallest absolute Gasteiger partial charge is 0.237 e. The Morgan fingerprint density at radius 3 is 2.81 bits per heavy atom. The van der Waals surface area contributed by atoms with Gasteiger partial charge in [0.1, 0.15) is 0 Å². The minimum atomic E-state index is -1.18. The lowest BCUT2D eigenvalue weighted by molar-refractivity contribution is -0.127. The molecule has 6 heteroatoms. The van der Waals surface area contributed by atoms with Crippen molar-refractivity contribution >= 4 is 15.9 Å². The van der Waals surface area contributed by atoms with Crippen LogP contribution in [0.5, 0.6) is 17.2 Å². The molecule has 1 aliphatic heterocycles. The number of aliphatic hydroxyl groups excluding tert-OH is 2. The zero-order chi connectivity index (χ0) is 11.7. The number of fused-ring (bicyclic) bond motifs is 1. The van der Waals surface area contributed by atoms with E-state index in [-0.39, 0.29) is 6.61 Å². The van der Waals surface area contributed by atoms with E-state index in [4.69, 9.17) is 19.3 Å². The molecule has 1 heterocycles. The Hall–Kier alpha value is -0.980. The summed E-state index contributed by atoms with van der Waals surface area (Å²) in [6.45, 7) is -0.334. The summed E-state index contributed by atoms with van der Waals surface area (Å²) in [6, 6.07) is 3.38. The van der Waals surface area contributed by atoms with Crippen LogP contribution in [0, 0.1) is 0 Å². The number of aliphatic hydroxyl groups is 2. The molecule has 0 fully saturated rings. The summed E-state index contributed by atoms with van der Waals surface area (Å²) >= 11 is 3.29. The van der Waals surface area contributed by atoms with Gasteiger partial charge in [-0.15, -0.1) is 0 Å². The first-order valence-corrected chi connectivity index (χ1v) is 5.44. The van der Waals surface area contributed by atoms with Gasteiger partial charge < -0.3 is 24.4 Å². The zero-order valence-electron chi connectivity index (χ0n) is 8.51. The molecule has 0 amide bonds. The van der Waals surface area contributed by atoms with Gasteiger partial charge >= 0.3 is 0 Å². The lowest BCUT2D eigenvalue weighted by atomic mass is 10.2. The van der Waals surface area contributed by atoms with Gasteiger partial charge in [0.15, 0.2) is 17.6 Å². The number of hydrogen-bond acceptors (Lipinski definition) is 5. The fourth-order valence-electron chi connectivity index (χ4n) is 1.44. The van der Waals surface area contributed by atoms with Crippen molar-refractivity contribution in [2.24, 2.45) is 0 Å². The molecule has 1 aromatic rings. The van der Waals surface area contributed by atoms with Crippen molar-refractivity contribution in [3.05, 3.63) is 16.6 Å². The maximum absolute atomic E-state index is 9.51. The fourth-order valence-corrected chi connectivity index (χ4v) is 1.86. The van der Waals surface area contributed by atoms with Crippen molar-refractivity contribution in [3.63, 3.8) is 0 Å². The van der Waals surface area contributed by atoms with Crippen LogP contribution in [0.15, 0.2) is 16.6 Å². The van der Waals surface area contributed by atoms with Crippen molar-refractivity contribution < 1.29 is 24.4 Å². The van der Waals surface area contributed by atoms with Gasteiger partial charge in [-0.3, -0.25) is 0 Å². The third kappa shape index (κ3) is 1.95. The van der Waals surface area contributed by atoms with Crippen LogP contribution in [0.4, 0.5) is 0 Å². The lowest BCUT2D eigenvalue weighted by Gasteiger charge is -2.30. The molecule has 1 aliphatic rings. The highest BCUT2D eigenvalue weighted by molar-refractivity contribution is 9.10. The van der Waals surface area contributed by atoms with Crippen molar-refractivity contribution in [3.8, 4) is 17.2 Å². The number of hydrogen-bond donors (Lipinski definition) is 2. The van der Waals surface area contributed by atoms with E-state index in [9.17, 15) is 5.11 Å². The molecule has 2 atom stereocenters. The third-order valence-corrected chi connectivity index (χ3v) is 2.68. The van der Waals surface area contributed by atoms with Crippen LogP contribution in [0.2, 0.25) is 0 Å². The topological polar surface area (TPSA) is 68.2 Å². The van der Waals surface area contributed by atoms with Crippen LogP contribution in [0.25, 0.3) is 0 Å². The van der Waals surface area contributed by atoms with Crippen molar-refractivity contribution in [2.75, 3.05) is 13.7 Å². The van der Waals surface area contributed by atoms with Gasteiger partial charge in [0.05, 0.1) is 13.7 Å². The fraction of sp³-hybridized carbons (Fsp3) is 0.400. The van der Waals surface area contributed by atoms with Gasteiger partial charge in [0, 0.05) is 4.47 Å². The second-order valence-electron chi connectivity index (χ2n) is 3.28. The molecule has 2 rings (SSSR count). The monoisotopic (exact) mass is 290 g/mol. The van der Waals surface area contributed by atoms with Crippen LogP contribution in [0.3, 0.4) is 0 Å². The molecule has 0 spiro atoms. The highest BCUT2D eigenvalue weighted by Gasteiger charge is 2.31. The molecule has 16 heavy (non-hydrogen) atoms. The van der Waals surface area contributed by atoms with Crippen LogP contribution >= 0.6 is 15.9 Å².